The van der Waals surface area contributed by atoms with E-state index >= 15 is 0 Å². The Labute approximate surface area is 137 Å². The van der Waals surface area contributed by atoms with Crippen molar-refractivity contribution in [3.63, 3.8) is 0 Å². The molecule has 0 atom stereocenters. The molecule has 0 fully saturated rings. The van der Waals surface area contributed by atoms with Gasteiger partial charge in [0.15, 0.2) is 11.5 Å². The van der Waals surface area contributed by atoms with Gasteiger partial charge >= 0.3 is 0 Å². The second-order valence-electron chi connectivity index (χ2n) is 6.36. The van der Waals surface area contributed by atoms with Crippen LogP contribution in [0.15, 0.2) is 35.7 Å². The molecule has 0 aliphatic carbocycles. The standard InChI is InChI=1S/C18H25NO2S/c1-5-20-17-11-14(12-19-18(2,3)4)8-9-16(17)21-13-15-7-6-10-22-15/h6-11,19H,5,12-13H2,1-4H3/p+1. The molecule has 1 heterocycles. The second kappa shape index (κ2) is 7.65. The van der Waals surface area contributed by atoms with Crippen LogP contribution >= 0.6 is 11.3 Å². The van der Waals surface area contributed by atoms with Crippen LogP contribution in [0.3, 0.4) is 0 Å². The smallest absolute Gasteiger partial charge is 0.161 e. The summed E-state index contributed by atoms with van der Waals surface area (Å²) in [4.78, 5) is 1.22. The minimum Gasteiger partial charge on any atom is -0.490 e. The van der Waals surface area contributed by atoms with Crippen LogP contribution in [-0.2, 0) is 13.2 Å². The molecule has 22 heavy (non-hydrogen) atoms. The fraction of sp³-hybridized carbons (Fsp3) is 0.444. The van der Waals surface area contributed by atoms with Gasteiger partial charge in [-0.3, -0.25) is 0 Å². The number of quaternary nitrogens is 1. The summed E-state index contributed by atoms with van der Waals surface area (Å²) in [7, 11) is 0. The van der Waals surface area contributed by atoms with E-state index in [4.69, 9.17) is 9.47 Å². The Balaban J connectivity index is 2.05. The molecule has 4 heteroatoms. The molecular formula is C18H26NO2S+. The maximum absolute atomic E-state index is 5.91. The van der Waals surface area contributed by atoms with Crippen molar-refractivity contribution < 1.29 is 14.8 Å². The first-order valence-corrected chi connectivity index (χ1v) is 8.61. The summed E-state index contributed by atoms with van der Waals surface area (Å²) in [6.07, 6.45) is 0. The summed E-state index contributed by atoms with van der Waals surface area (Å²) in [6, 6.07) is 10.4. The van der Waals surface area contributed by atoms with Gasteiger partial charge < -0.3 is 14.8 Å². The molecule has 2 rings (SSSR count). The highest BCUT2D eigenvalue weighted by Gasteiger charge is 2.14. The zero-order valence-corrected chi connectivity index (χ0v) is 14.7. The lowest BCUT2D eigenvalue weighted by Crippen LogP contribution is -2.92. The predicted octanol–water partition coefficient (Wildman–Crippen LogP) is 3.59. The highest BCUT2D eigenvalue weighted by Crippen LogP contribution is 2.29. The van der Waals surface area contributed by atoms with E-state index in [0.29, 0.717) is 13.2 Å². The van der Waals surface area contributed by atoms with Crippen LogP contribution < -0.4 is 14.8 Å². The predicted molar refractivity (Wildman–Crippen MR) is 91.6 cm³/mol. The Hall–Kier alpha value is -1.52. The third-order valence-electron chi connectivity index (χ3n) is 3.21. The van der Waals surface area contributed by atoms with Crippen LogP contribution in [0.2, 0.25) is 0 Å². The number of thiophene rings is 1. The minimum absolute atomic E-state index is 0.222. The topological polar surface area (TPSA) is 35.1 Å². The SMILES string of the molecule is CCOc1cc(C[NH2+]C(C)(C)C)ccc1OCc1cccs1. The van der Waals surface area contributed by atoms with E-state index in [1.807, 2.05) is 19.1 Å². The van der Waals surface area contributed by atoms with Crippen molar-refractivity contribution in [1.82, 2.24) is 0 Å². The number of ether oxygens (including phenoxy) is 2. The van der Waals surface area contributed by atoms with E-state index in [1.165, 1.54) is 10.4 Å². The molecule has 2 aromatic rings. The Morgan fingerprint density at radius 1 is 1.09 bits per heavy atom. The zero-order chi connectivity index (χ0) is 16.0. The maximum Gasteiger partial charge on any atom is 0.161 e. The molecule has 0 aliphatic rings. The van der Waals surface area contributed by atoms with Gasteiger partial charge in [-0.05, 0) is 57.3 Å². The van der Waals surface area contributed by atoms with Crippen molar-refractivity contribution in [2.24, 2.45) is 0 Å². The van der Waals surface area contributed by atoms with E-state index in [9.17, 15) is 0 Å². The van der Waals surface area contributed by atoms with Crippen molar-refractivity contribution in [1.29, 1.82) is 0 Å². The van der Waals surface area contributed by atoms with Gasteiger partial charge in [-0.25, -0.2) is 0 Å². The fourth-order valence-corrected chi connectivity index (χ4v) is 2.65. The first kappa shape index (κ1) is 16.8. The molecule has 0 unspecified atom stereocenters. The molecule has 0 saturated carbocycles. The number of rotatable bonds is 7. The second-order valence-corrected chi connectivity index (χ2v) is 7.39. The molecule has 0 saturated heterocycles. The highest BCUT2D eigenvalue weighted by atomic mass is 32.1. The van der Waals surface area contributed by atoms with Crippen molar-refractivity contribution in [3.8, 4) is 11.5 Å². The van der Waals surface area contributed by atoms with Gasteiger partial charge in [0.1, 0.15) is 13.2 Å². The summed E-state index contributed by atoms with van der Waals surface area (Å²) < 4.78 is 11.7. The van der Waals surface area contributed by atoms with Crippen LogP contribution in [-0.4, -0.2) is 12.1 Å². The van der Waals surface area contributed by atoms with Crippen molar-refractivity contribution in [2.75, 3.05) is 6.61 Å². The summed E-state index contributed by atoms with van der Waals surface area (Å²) in [5.41, 5.74) is 1.47. The molecular weight excluding hydrogens is 294 g/mol. The largest absolute Gasteiger partial charge is 0.490 e. The number of benzene rings is 1. The third kappa shape index (κ3) is 5.35. The highest BCUT2D eigenvalue weighted by molar-refractivity contribution is 7.09. The monoisotopic (exact) mass is 320 g/mol. The van der Waals surface area contributed by atoms with E-state index in [0.717, 1.165) is 18.0 Å². The third-order valence-corrected chi connectivity index (χ3v) is 4.06. The minimum atomic E-state index is 0.222. The van der Waals surface area contributed by atoms with Gasteiger partial charge in [-0.2, -0.15) is 0 Å². The Morgan fingerprint density at radius 3 is 2.55 bits per heavy atom. The lowest BCUT2D eigenvalue weighted by atomic mass is 10.1. The number of hydrogen-bond donors (Lipinski definition) is 1. The number of nitrogens with two attached hydrogens (primary N) is 1. The molecule has 120 valence electrons. The van der Waals surface area contributed by atoms with Gasteiger partial charge in [0, 0.05) is 10.4 Å². The van der Waals surface area contributed by atoms with Crippen LogP contribution in [0.25, 0.3) is 0 Å². The Bertz CT molecular complexity index is 573. The molecule has 1 aromatic carbocycles. The molecule has 1 aromatic heterocycles. The first-order valence-electron chi connectivity index (χ1n) is 7.73. The molecule has 3 nitrogen and oxygen atoms in total. The maximum atomic E-state index is 5.91. The first-order chi connectivity index (χ1) is 10.5. The van der Waals surface area contributed by atoms with Crippen molar-refractivity contribution in [2.45, 2.75) is 46.4 Å². The van der Waals surface area contributed by atoms with Gasteiger partial charge in [0.25, 0.3) is 0 Å². The van der Waals surface area contributed by atoms with Crippen LogP contribution in [0.4, 0.5) is 0 Å². The molecule has 0 bridgehead atoms. The molecule has 0 spiro atoms. The Kier molecular flexibility index (Phi) is 5.86. The summed E-state index contributed by atoms with van der Waals surface area (Å²) in [6.45, 7) is 10.8. The quantitative estimate of drug-likeness (QED) is 0.846. The molecule has 0 amide bonds. The lowest BCUT2D eigenvalue weighted by molar-refractivity contribution is -0.731. The molecule has 0 radical (unpaired) electrons. The normalized spacial score (nSPS) is 11.5. The van der Waals surface area contributed by atoms with Crippen LogP contribution in [0, 0.1) is 0 Å². The average molecular weight is 320 g/mol. The van der Waals surface area contributed by atoms with Gasteiger partial charge in [-0.15, -0.1) is 11.3 Å². The Morgan fingerprint density at radius 2 is 1.91 bits per heavy atom. The summed E-state index contributed by atoms with van der Waals surface area (Å²) in [5.74, 6) is 1.65. The molecule has 2 N–H and O–H groups in total. The van der Waals surface area contributed by atoms with Crippen LogP contribution in [0.1, 0.15) is 38.1 Å². The van der Waals surface area contributed by atoms with E-state index < -0.39 is 0 Å². The summed E-state index contributed by atoms with van der Waals surface area (Å²) >= 11 is 1.70. The van der Waals surface area contributed by atoms with E-state index in [-0.39, 0.29) is 5.54 Å². The van der Waals surface area contributed by atoms with E-state index in [1.54, 1.807) is 11.3 Å². The lowest BCUT2D eigenvalue weighted by Gasteiger charge is -2.18. The fourth-order valence-electron chi connectivity index (χ4n) is 2.03. The van der Waals surface area contributed by atoms with Gasteiger partial charge in [-0.1, -0.05) is 6.07 Å². The van der Waals surface area contributed by atoms with Crippen molar-refractivity contribution in [3.05, 3.63) is 46.2 Å². The molecule has 0 aliphatic heterocycles. The zero-order valence-electron chi connectivity index (χ0n) is 13.9. The van der Waals surface area contributed by atoms with Gasteiger partial charge in [0.05, 0.1) is 12.1 Å². The van der Waals surface area contributed by atoms with Crippen molar-refractivity contribution >= 4 is 11.3 Å². The van der Waals surface area contributed by atoms with Gasteiger partial charge in [0.2, 0.25) is 0 Å². The average Bonchev–Trinajstić information content (AvgIpc) is 2.97. The number of hydrogen-bond acceptors (Lipinski definition) is 3. The summed E-state index contributed by atoms with van der Waals surface area (Å²) in [5, 5.41) is 4.39. The van der Waals surface area contributed by atoms with Crippen LogP contribution in [0.5, 0.6) is 11.5 Å². The van der Waals surface area contributed by atoms with E-state index in [2.05, 4.69) is 49.7 Å².